The summed E-state index contributed by atoms with van der Waals surface area (Å²) in [5.74, 6) is -0.00193. The molecule has 5 heteroatoms. The summed E-state index contributed by atoms with van der Waals surface area (Å²) in [7, 11) is 0. The van der Waals surface area contributed by atoms with E-state index in [2.05, 4.69) is 34.3 Å². The number of guanidine groups is 2. The number of nitrogens with zero attached hydrogens (tertiary/aromatic N) is 2. The van der Waals surface area contributed by atoms with Crippen LogP contribution < -0.4 is 17.2 Å². The Balaban J connectivity index is 2.20. The fourth-order valence-corrected chi connectivity index (χ4v) is 1.68. The average molecular weight is 241 g/mol. The van der Waals surface area contributed by atoms with E-state index in [0.29, 0.717) is 6.54 Å². The zero-order valence-corrected chi connectivity index (χ0v) is 9.88. The van der Waals surface area contributed by atoms with Crippen molar-refractivity contribution in [3.63, 3.8) is 0 Å². The standard InChI is InChI=1S/C13H15N5/c14-12(15)18-13(16)17-8-9-5-6-10-3-1-2-4-11(10)7-9/h1-7H,8H2,(H6,14,15,16,17,18). The van der Waals surface area contributed by atoms with Crippen LogP contribution in [0.4, 0.5) is 0 Å². The Morgan fingerprint density at radius 1 is 0.944 bits per heavy atom. The predicted molar refractivity (Wildman–Crippen MR) is 75.1 cm³/mol. The molecule has 2 rings (SSSR count). The van der Waals surface area contributed by atoms with Crippen LogP contribution in [-0.2, 0) is 6.54 Å². The molecule has 0 bridgehead atoms. The van der Waals surface area contributed by atoms with Gasteiger partial charge in [0.25, 0.3) is 0 Å². The molecule has 2 aromatic rings. The molecule has 18 heavy (non-hydrogen) atoms. The maximum atomic E-state index is 5.54. The molecule has 0 heterocycles. The summed E-state index contributed by atoms with van der Waals surface area (Å²) in [6, 6.07) is 14.3. The van der Waals surface area contributed by atoms with Crippen molar-refractivity contribution < 1.29 is 0 Å². The van der Waals surface area contributed by atoms with Gasteiger partial charge in [-0.25, -0.2) is 4.99 Å². The Labute approximate surface area is 105 Å². The van der Waals surface area contributed by atoms with E-state index in [4.69, 9.17) is 17.2 Å². The summed E-state index contributed by atoms with van der Waals surface area (Å²) in [6.07, 6.45) is 0. The van der Waals surface area contributed by atoms with E-state index in [1.165, 1.54) is 10.8 Å². The average Bonchev–Trinajstić information content (AvgIpc) is 2.35. The van der Waals surface area contributed by atoms with Crippen LogP contribution in [0.25, 0.3) is 10.8 Å². The minimum absolute atomic E-state index is 0.0863. The SMILES string of the molecule is NC(N)=NC(N)=NCc1ccc2ccccc2c1. The number of hydrogen-bond donors (Lipinski definition) is 3. The predicted octanol–water partition coefficient (Wildman–Crippen LogP) is 0.928. The third-order valence-corrected chi connectivity index (χ3v) is 2.48. The van der Waals surface area contributed by atoms with Crippen molar-refractivity contribution in [3.05, 3.63) is 48.0 Å². The fourth-order valence-electron chi connectivity index (χ4n) is 1.68. The van der Waals surface area contributed by atoms with Crippen molar-refractivity contribution in [2.75, 3.05) is 0 Å². The molecule has 0 fully saturated rings. The van der Waals surface area contributed by atoms with Crippen LogP contribution in [0, 0.1) is 0 Å². The maximum Gasteiger partial charge on any atom is 0.218 e. The lowest BCUT2D eigenvalue weighted by molar-refractivity contribution is 1.06. The van der Waals surface area contributed by atoms with Gasteiger partial charge in [-0.1, -0.05) is 36.4 Å². The van der Waals surface area contributed by atoms with Gasteiger partial charge in [-0.05, 0) is 22.4 Å². The van der Waals surface area contributed by atoms with Crippen molar-refractivity contribution in [2.45, 2.75) is 6.54 Å². The first kappa shape index (κ1) is 11.9. The lowest BCUT2D eigenvalue weighted by atomic mass is 10.1. The monoisotopic (exact) mass is 241 g/mol. The molecule has 0 atom stereocenters. The van der Waals surface area contributed by atoms with Crippen molar-refractivity contribution >= 4 is 22.7 Å². The smallest absolute Gasteiger partial charge is 0.218 e. The van der Waals surface area contributed by atoms with Crippen LogP contribution in [0.1, 0.15) is 5.56 Å². The molecule has 0 unspecified atom stereocenters. The summed E-state index contributed by atoms with van der Waals surface area (Å²) in [5, 5.41) is 2.37. The van der Waals surface area contributed by atoms with Gasteiger partial charge in [0.05, 0.1) is 6.54 Å². The molecular formula is C13H15N5. The number of fused-ring (bicyclic) bond motifs is 1. The van der Waals surface area contributed by atoms with Gasteiger partial charge in [0.1, 0.15) is 0 Å². The van der Waals surface area contributed by atoms with Gasteiger partial charge < -0.3 is 17.2 Å². The lowest BCUT2D eigenvalue weighted by Gasteiger charge is -2.01. The molecule has 0 aromatic heterocycles. The molecular weight excluding hydrogens is 226 g/mol. The number of rotatable bonds is 2. The highest BCUT2D eigenvalue weighted by Gasteiger charge is 1.96. The summed E-state index contributed by atoms with van der Waals surface area (Å²) < 4.78 is 0. The van der Waals surface area contributed by atoms with Gasteiger partial charge in [-0.15, -0.1) is 0 Å². The number of nitrogens with two attached hydrogens (primary N) is 3. The second-order valence-corrected chi connectivity index (χ2v) is 3.89. The molecule has 6 N–H and O–H groups in total. The van der Waals surface area contributed by atoms with Crippen LogP contribution in [0.15, 0.2) is 52.4 Å². The quantitative estimate of drug-likeness (QED) is 0.538. The Morgan fingerprint density at radius 3 is 2.39 bits per heavy atom. The van der Waals surface area contributed by atoms with Crippen LogP contribution in [-0.4, -0.2) is 11.9 Å². The Bertz CT molecular complexity index is 612. The largest absolute Gasteiger partial charge is 0.370 e. The fraction of sp³-hybridized carbons (Fsp3) is 0.0769. The molecule has 0 radical (unpaired) electrons. The highest BCUT2D eigenvalue weighted by molar-refractivity contribution is 5.92. The molecule has 0 amide bonds. The number of hydrogen-bond acceptors (Lipinski definition) is 1. The molecule has 0 saturated carbocycles. The van der Waals surface area contributed by atoms with Gasteiger partial charge in [0, 0.05) is 0 Å². The molecule has 0 spiro atoms. The summed E-state index contributed by atoms with van der Waals surface area (Å²) in [4.78, 5) is 7.74. The van der Waals surface area contributed by atoms with Crippen molar-refractivity contribution in [3.8, 4) is 0 Å². The molecule has 0 aliphatic carbocycles. The molecule has 92 valence electrons. The first-order valence-electron chi connectivity index (χ1n) is 5.52. The topological polar surface area (TPSA) is 103 Å². The molecule has 0 aliphatic rings. The minimum atomic E-state index is -0.0882. The second kappa shape index (κ2) is 5.18. The second-order valence-electron chi connectivity index (χ2n) is 3.89. The van der Waals surface area contributed by atoms with Crippen molar-refractivity contribution in [1.82, 2.24) is 0 Å². The summed E-state index contributed by atoms with van der Waals surface area (Å²) in [6.45, 7) is 0.452. The van der Waals surface area contributed by atoms with E-state index in [0.717, 1.165) is 5.56 Å². The molecule has 0 saturated heterocycles. The zero-order chi connectivity index (χ0) is 13.0. The zero-order valence-electron chi connectivity index (χ0n) is 9.88. The normalized spacial score (nSPS) is 11.4. The van der Waals surface area contributed by atoms with Gasteiger partial charge in [0.15, 0.2) is 5.96 Å². The Morgan fingerprint density at radius 2 is 1.67 bits per heavy atom. The van der Waals surface area contributed by atoms with E-state index >= 15 is 0 Å². The van der Waals surface area contributed by atoms with Crippen molar-refractivity contribution in [1.29, 1.82) is 0 Å². The van der Waals surface area contributed by atoms with E-state index in [-0.39, 0.29) is 11.9 Å². The number of benzene rings is 2. The van der Waals surface area contributed by atoms with Gasteiger partial charge in [0.2, 0.25) is 5.96 Å². The summed E-state index contributed by atoms with van der Waals surface area (Å²) >= 11 is 0. The maximum absolute atomic E-state index is 5.54. The highest BCUT2D eigenvalue weighted by atomic mass is 15.1. The van der Waals surface area contributed by atoms with Crippen LogP contribution in [0.3, 0.4) is 0 Å². The van der Waals surface area contributed by atoms with Gasteiger partial charge in [-0.2, -0.15) is 4.99 Å². The van der Waals surface area contributed by atoms with E-state index in [1.807, 2.05) is 18.2 Å². The van der Waals surface area contributed by atoms with Crippen LogP contribution >= 0.6 is 0 Å². The Hall–Kier alpha value is -2.56. The number of aliphatic imine (C=N–C) groups is 2. The van der Waals surface area contributed by atoms with Gasteiger partial charge in [-0.3, -0.25) is 0 Å². The summed E-state index contributed by atoms with van der Waals surface area (Å²) in [5.41, 5.74) is 17.0. The Kier molecular flexibility index (Phi) is 3.43. The highest BCUT2D eigenvalue weighted by Crippen LogP contribution is 2.16. The third kappa shape index (κ3) is 2.98. The molecule has 0 aliphatic heterocycles. The molecule has 2 aromatic carbocycles. The van der Waals surface area contributed by atoms with E-state index in [1.54, 1.807) is 0 Å². The van der Waals surface area contributed by atoms with Gasteiger partial charge >= 0.3 is 0 Å². The first-order chi connectivity index (χ1) is 8.65. The van der Waals surface area contributed by atoms with E-state index < -0.39 is 0 Å². The first-order valence-corrected chi connectivity index (χ1v) is 5.52. The van der Waals surface area contributed by atoms with Crippen molar-refractivity contribution in [2.24, 2.45) is 27.2 Å². The third-order valence-electron chi connectivity index (χ3n) is 2.48. The molecule has 5 nitrogen and oxygen atoms in total. The van der Waals surface area contributed by atoms with E-state index in [9.17, 15) is 0 Å². The lowest BCUT2D eigenvalue weighted by Crippen LogP contribution is -2.26. The van der Waals surface area contributed by atoms with Crippen LogP contribution in [0.2, 0.25) is 0 Å². The minimum Gasteiger partial charge on any atom is -0.370 e. The van der Waals surface area contributed by atoms with Crippen LogP contribution in [0.5, 0.6) is 0 Å².